The molecular formula is C11H12N2O2. The van der Waals surface area contributed by atoms with Crippen molar-refractivity contribution >= 4 is 23.1 Å². The quantitative estimate of drug-likeness (QED) is 0.732. The molecule has 1 aromatic carbocycles. The van der Waals surface area contributed by atoms with Gasteiger partial charge in [-0.05, 0) is 12.1 Å². The standard InChI is InChI=1S/C11H12N2O2/c1-12-9-4-2-3-5-10(9)13-7-8(14)6-11(13)15/h2-5,12H,6-7H2,1H3. The van der Waals surface area contributed by atoms with E-state index < -0.39 is 0 Å². The molecule has 4 nitrogen and oxygen atoms in total. The Morgan fingerprint density at radius 1 is 1.27 bits per heavy atom. The maximum absolute atomic E-state index is 11.5. The zero-order valence-corrected chi connectivity index (χ0v) is 8.49. The fourth-order valence-electron chi connectivity index (χ4n) is 1.72. The minimum Gasteiger partial charge on any atom is -0.386 e. The summed E-state index contributed by atoms with van der Waals surface area (Å²) >= 11 is 0. The molecule has 0 spiro atoms. The van der Waals surface area contributed by atoms with Crippen LogP contribution in [0.15, 0.2) is 24.3 Å². The molecule has 1 fully saturated rings. The van der Waals surface area contributed by atoms with Crippen molar-refractivity contribution in [1.82, 2.24) is 0 Å². The van der Waals surface area contributed by atoms with Crippen LogP contribution in [0.1, 0.15) is 6.42 Å². The van der Waals surface area contributed by atoms with Gasteiger partial charge in [-0.15, -0.1) is 0 Å². The number of hydrogen-bond donors (Lipinski definition) is 1. The van der Waals surface area contributed by atoms with Gasteiger partial charge in [0.2, 0.25) is 5.91 Å². The van der Waals surface area contributed by atoms with Gasteiger partial charge in [-0.3, -0.25) is 9.59 Å². The van der Waals surface area contributed by atoms with E-state index >= 15 is 0 Å². The number of nitrogens with zero attached hydrogens (tertiary/aromatic N) is 1. The van der Waals surface area contributed by atoms with Gasteiger partial charge < -0.3 is 10.2 Å². The highest BCUT2D eigenvalue weighted by Crippen LogP contribution is 2.27. The number of para-hydroxylation sites is 2. The molecule has 1 aromatic rings. The van der Waals surface area contributed by atoms with Gasteiger partial charge in [-0.1, -0.05) is 12.1 Å². The van der Waals surface area contributed by atoms with Crippen molar-refractivity contribution in [3.8, 4) is 0 Å². The summed E-state index contributed by atoms with van der Waals surface area (Å²) in [5.41, 5.74) is 1.64. The highest BCUT2D eigenvalue weighted by Gasteiger charge is 2.29. The summed E-state index contributed by atoms with van der Waals surface area (Å²) < 4.78 is 0. The third-order valence-electron chi connectivity index (χ3n) is 2.45. The van der Waals surface area contributed by atoms with Crippen LogP contribution in [0.25, 0.3) is 0 Å². The summed E-state index contributed by atoms with van der Waals surface area (Å²) in [5, 5.41) is 3.00. The third kappa shape index (κ3) is 1.70. The van der Waals surface area contributed by atoms with Crippen LogP contribution in [-0.4, -0.2) is 25.3 Å². The second-order valence-corrected chi connectivity index (χ2v) is 3.46. The Hall–Kier alpha value is -1.84. The molecule has 78 valence electrons. The molecule has 15 heavy (non-hydrogen) atoms. The molecule has 1 N–H and O–H groups in total. The zero-order chi connectivity index (χ0) is 10.8. The van der Waals surface area contributed by atoms with E-state index in [-0.39, 0.29) is 24.7 Å². The Morgan fingerprint density at radius 2 is 2.00 bits per heavy atom. The van der Waals surface area contributed by atoms with Crippen LogP contribution < -0.4 is 10.2 Å². The molecule has 4 heteroatoms. The van der Waals surface area contributed by atoms with Crippen molar-refractivity contribution < 1.29 is 9.59 Å². The molecule has 1 heterocycles. The number of Topliss-reactive ketones (excluding diaryl/α,β-unsaturated/α-hetero) is 1. The van der Waals surface area contributed by atoms with Crippen LogP contribution in [0, 0.1) is 0 Å². The highest BCUT2D eigenvalue weighted by molar-refractivity contribution is 6.16. The second kappa shape index (κ2) is 3.73. The Kier molecular flexibility index (Phi) is 2.41. The number of rotatable bonds is 2. The van der Waals surface area contributed by atoms with E-state index in [2.05, 4.69) is 5.32 Å². The van der Waals surface area contributed by atoms with E-state index in [1.165, 1.54) is 4.90 Å². The molecule has 1 saturated heterocycles. The van der Waals surface area contributed by atoms with Gasteiger partial charge >= 0.3 is 0 Å². The number of nitrogens with one attached hydrogen (secondary N) is 1. The van der Waals surface area contributed by atoms with Crippen LogP contribution in [0.5, 0.6) is 0 Å². The van der Waals surface area contributed by atoms with Gasteiger partial charge in [-0.25, -0.2) is 0 Å². The van der Waals surface area contributed by atoms with Gasteiger partial charge in [-0.2, -0.15) is 0 Å². The molecule has 0 aliphatic carbocycles. The third-order valence-corrected chi connectivity index (χ3v) is 2.45. The van der Waals surface area contributed by atoms with E-state index in [4.69, 9.17) is 0 Å². The first-order valence-corrected chi connectivity index (χ1v) is 4.81. The molecule has 1 amide bonds. The normalized spacial score (nSPS) is 15.9. The molecule has 1 aliphatic rings. The van der Waals surface area contributed by atoms with E-state index in [0.29, 0.717) is 0 Å². The highest BCUT2D eigenvalue weighted by atomic mass is 16.2. The predicted octanol–water partition coefficient (Wildman–Crippen LogP) is 1.03. The van der Waals surface area contributed by atoms with Gasteiger partial charge in [0.25, 0.3) is 0 Å². The molecule has 0 atom stereocenters. The van der Waals surface area contributed by atoms with Gasteiger partial charge in [0, 0.05) is 7.05 Å². The summed E-state index contributed by atoms with van der Waals surface area (Å²) in [6, 6.07) is 7.46. The number of benzene rings is 1. The monoisotopic (exact) mass is 204 g/mol. The first kappa shape index (κ1) is 9.71. The van der Waals surface area contributed by atoms with Crippen molar-refractivity contribution in [2.75, 3.05) is 23.8 Å². The Bertz CT molecular complexity index is 415. The van der Waals surface area contributed by atoms with Crippen LogP contribution in [-0.2, 0) is 9.59 Å². The first-order chi connectivity index (χ1) is 7.22. The van der Waals surface area contributed by atoms with E-state index in [1.54, 1.807) is 7.05 Å². The smallest absolute Gasteiger partial charge is 0.234 e. The molecule has 2 rings (SSSR count). The Labute approximate surface area is 87.9 Å². The van der Waals surface area contributed by atoms with Gasteiger partial charge in [0.1, 0.15) is 0 Å². The van der Waals surface area contributed by atoms with Crippen molar-refractivity contribution in [1.29, 1.82) is 0 Å². The van der Waals surface area contributed by atoms with Crippen molar-refractivity contribution in [2.24, 2.45) is 0 Å². The van der Waals surface area contributed by atoms with E-state index in [9.17, 15) is 9.59 Å². The van der Waals surface area contributed by atoms with Gasteiger partial charge in [0.05, 0.1) is 24.3 Å². The minimum absolute atomic E-state index is 0.0223. The predicted molar refractivity (Wildman–Crippen MR) is 58.0 cm³/mol. The number of ketones is 1. The molecular weight excluding hydrogens is 192 g/mol. The molecule has 0 bridgehead atoms. The Morgan fingerprint density at radius 3 is 2.60 bits per heavy atom. The summed E-state index contributed by atoms with van der Waals surface area (Å²) in [6.45, 7) is 0.192. The zero-order valence-electron chi connectivity index (χ0n) is 8.49. The summed E-state index contributed by atoms with van der Waals surface area (Å²) in [4.78, 5) is 24.2. The van der Waals surface area contributed by atoms with Crippen LogP contribution in [0.2, 0.25) is 0 Å². The lowest BCUT2D eigenvalue weighted by Gasteiger charge is -2.18. The maximum Gasteiger partial charge on any atom is 0.234 e. The lowest BCUT2D eigenvalue weighted by atomic mass is 10.2. The van der Waals surface area contributed by atoms with Crippen molar-refractivity contribution in [3.05, 3.63) is 24.3 Å². The molecule has 0 radical (unpaired) electrons. The van der Waals surface area contributed by atoms with Crippen molar-refractivity contribution in [3.63, 3.8) is 0 Å². The number of anilines is 2. The Balaban J connectivity index is 2.37. The lowest BCUT2D eigenvalue weighted by Crippen LogP contribution is -2.25. The van der Waals surface area contributed by atoms with Crippen LogP contribution >= 0.6 is 0 Å². The number of hydrogen-bond acceptors (Lipinski definition) is 3. The lowest BCUT2D eigenvalue weighted by molar-refractivity contribution is -0.121. The fraction of sp³-hybridized carbons (Fsp3) is 0.273. The van der Waals surface area contributed by atoms with Crippen molar-refractivity contribution in [2.45, 2.75) is 6.42 Å². The number of carbonyl (C=O) groups is 2. The average Bonchev–Trinajstić information content (AvgIpc) is 2.57. The van der Waals surface area contributed by atoms with E-state index in [1.807, 2.05) is 24.3 Å². The maximum atomic E-state index is 11.5. The number of amides is 1. The van der Waals surface area contributed by atoms with Crippen LogP contribution in [0.4, 0.5) is 11.4 Å². The molecule has 1 aliphatic heterocycles. The largest absolute Gasteiger partial charge is 0.386 e. The summed E-state index contributed by atoms with van der Waals surface area (Å²) in [6.07, 6.45) is 0.0258. The fourth-order valence-corrected chi connectivity index (χ4v) is 1.72. The topological polar surface area (TPSA) is 49.4 Å². The molecule has 0 unspecified atom stereocenters. The second-order valence-electron chi connectivity index (χ2n) is 3.46. The van der Waals surface area contributed by atoms with E-state index in [0.717, 1.165) is 11.4 Å². The first-order valence-electron chi connectivity index (χ1n) is 4.81. The molecule has 0 aromatic heterocycles. The molecule has 0 saturated carbocycles. The van der Waals surface area contributed by atoms with Gasteiger partial charge in [0.15, 0.2) is 5.78 Å². The SMILES string of the molecule is CNc1ccccc1N1CC(=O)CC1=O. The average molecular weight is 204 g/mol. The van der Waals surface area contributed by atoms with Crippen LogP contribution in [0.3, 0.4) is 0 Å². The number of carbonyl (C=O) groups excluding carboxylic acids is 2. The minimum atomic E-state index is -0.122. The summed E-state index contributed by atoms with van der Waals surface area (Å²) in [5.74, 6) is -0.145. The summed E-state index contributed by atoms with van der Waals surface area (Å²) in [7, 11) is 1.79.